The van der Waals surface area contributed by atoms with Gasteiger partial charge in [0.1, 0.15) is 0 Å². The Labute approximate surface area is 101 Å². The van der Waals surface area contributed by atoms with E-state index in [0.717, 1.165) is 18.6 Å². The number of aliphatic hydroxyl groups excluding tert-OH is 1. The van der Waals surface area contributed by atoms with Crippen molar-refractivity contribution in [1.82, 2.24) is 5.32 Å². The first-order chi connectivity index (χ1) is 7.85. The largest absolute Gasteiger partial charge is 0.395 e. The smallest absolute Gasteiger partial charge is 0.0584 e. The van der Waals surface area contributed by atoms with Crippen LogP contribution in [0.2, 0.25) is 0 Å². The Morgan fingerprint density at radius 3 is 3.06 bits per heavy atom. The monoisotopic (exact) mass is 237 g/mol. The average Bonchev–Trinajstić information content (AvgIpc) is 2.36. The number of thioether (sulfide) groups is 1. The van der Waals surface area contributed by atoms with Gasteiger partial charge in [-0.25, -0.2) is 0 Å². The van der Waals surface area contributed by atoms with Gasteiger partial charge >= 0.3 is 0 Å². The Kier molecular flexibility index (Phi) is 4.27. The normalized spacial score (nSPS) is 21.5. The predicted molar refractivity (Wildman–Crippen MR) is 68.8 cm³/mol. The van der Waals surface area contributed by atoms with Crippen molar-refractivity contribution in [2.45, 2.75) is 36.7 Å². The summed E-state index contributed by atoms with van der Waals surface area (Å²) >= 11 is 1.93. The number of fused-ring (bicyclic) bond motifs is 1. The van der Waals surface area contributed by atoms with E-state index in [1.807, 2.05) is 11.8 Å². The quantitative estimate of drug-likeness (QED) is 0.844. The Hall–Kier alpha value is -0.510. The van der Waals surface area contributed by atoms with Crippen molar-refractivity contribution in [3.8, 4) is 0 Å². The molecular formula is C13H19NOS. The molecule has 2 atom stereocenters. The minimum Gasteiger partial charge on any atom is -0.395 e. The highest BCUT2D eigenvalue weighted by Crippen LogP contribution is 2.36. The summed E-state index contributed by atoms with van der Waals surface area (Å²) in [6.07, 6.45) is 2.13. The van der Waals surface area contributed by atoms with E-state index in [-0.39, 0.29) is 12.6 Å². The van der Waals surface area contributed by atoms with E-state index >= 15 is 0 Å². The first-order valence-electron chi connectivity index (χ1n) is 5.93. The molecule has 0 saturated carbocycles. The van der Waals surface area contributed by atoms with Crippen molar-refractivity contribution in [1.29, 1.82) is 0 Å². The third-order valence-corrected chi connectivity index (χ3v) is 4.23. The van der Waals surface area contributed by atoms with E-state index in [4.69, 9.17) is 0 Å². The first kappa shape index (κ1) is 12.0. The SMILES string of the molecule is CC[C@H](CO)NC1CCSc2ccccc21. The topological polar surface area (TPSA) is 32.3 Å². The molecule has 1 aliphatic rings. The van der Waals surface area contributed by atoms with Gasteiger partial charge in [-0.15, -0.1) is 11.8 Å². The maximum absolute atomic E-state index is 9.24. The molecule has 1 aliphatic heterocycles. The van der Waals surface area contributed by atoms with Crippen molar-refractivity contribution < 1.29 is 5.11 Å². The average molecular weight is 237 g/mol. The Morgan fingerprint density at radius 1 is 1.50 bits per heavy atom. The van der Waals surface area contributed by atoms with Crippen LogP contribution in [0, 0.1) is 0 Å². The molecule has 0 saturated heterocycles. The van der Waals surface area contributed by atoms with Crippen LogP contribution in [0.4, 0.5) is 0 Å². The Bertz CT molecular complexity index is 338. The van der Waals surface area contributed by atoms with Gasteiger partial charge in [0.2, 0.25) is 0 Å². The van der Waals surface area contributed by atoms with E-state index < -0.39 is 0 Å². The highest BCUT2D eigenvalue weighted by atomic mass is 32.2. The van der Waals surface area contributed by atoms with Crippen LogP contribution in [-0.2, 0) is 0 Å². The number of nitrogens with one attached hydrogen (secondary N) is 1. The van der Waals surface area contributed by atoms with E-state index in [9.17, 15) is 5.11 Å². The lowest BCUT2D eigenvalue weighted by Crippen LogP contribution is -2.36. The molecule has 0 fully saturated rings. The lowest BCUT2D eigenvalue weighted by molar-refractivity contribution is 0.226. The Morgan fingerprint density at radius 2 is 2.31 bits per heavy atom. The van der Waals surface area contributed by atoms with Gasteiger partial charge in [0, 0.05) is 17.0 Å². The molecule has 2 rings (SSSR count). The molecule has 0 radical (unpaired) electrons. The van der Waals surface area contributed by atoms with Crippen molar-refractivity contribution in [3.05, 3.63) is 29.8 Å². The van der Waals surface area contributed by atoms with Crippen molar-refractivity contribution in [2.75, 3.05) is 12.4 Å². The molecule has 1 heterocycles. The highest BCUT2D eigenvalue weighted by Gasteiger charge is 2.21. The fourth-order valence-electron chi connectivity index (χ4n) is 2.10. The first-order valence-corrected chi connectivity index (χ1v) is 6.92. The molecule has 1 unspecified atom stereocenters. The van der Waals surface area contributed by atoms with Crippen LogP contribution in [0.5, 0.6) is 0 Å². The summed E-state index contributed by atoms with van der Waals surface area (Å²) in [6, 6.07) is 9.21. The lowest BCUT2D eigenvalue weighted by Gasteiger charge is -2.29. The van der Waals surface area contributed by atoms with Crippen LogP contribution < -0.4 is 5.32 Å². The zero-order valence-corrected chi connectivity index (χ0v) is 10.5. The standard InChI is InChI=1S/C13H19NOS/c1-2-10(9-15)14-12-7-8-16-13-6-4-3-5-11(12)13/h3-6,10,12,14-15H,2,7-9H2,1H3/t10-,12?/m1/s1. The summed E-state index contributed by atoms with van der Waals surface area (Å²) in [5.41, 5.74) is 1.39. The summed E-state index contributed by atoms with van der Waals surface area (Å²) < 4.78 is 0. The van der Waals surface area contributed by atoms with Gasteiger partial charge in [0.15, 0.2) is 0 Å². The highest BCUT2D eigenvalue weighted by molar-refractivity contribution is 7.99. The zero-order chi connectivity index (χ0) is 11.4. The van der Waals surface area contributed by atoms with Crippen molar-refractivity contribution >= 4 is 11.8 Å². The number of aliphatic hydroxyl groups is 1. The molecule has 2 nitrogen and oxygen atoms in total. The van der Waals surface area contributed by atoms with E-state index in [1.54, 1.807) is 0 Å². The van der Waals surface area contributed by atoms with Gasteiger partial charge in [0.05, 0.1) is 6.61 Å². The number of hydrogen-bond acceptors (Lipinski definition) is 3. The molecule has 0 bridgehead atoms. The van der Waals surface area contributed by atoms with Crippen LogP contribution in [0.1, 0.15) is 31.4 Å². The third kappa shape index (κ3) is 2.59. The second kappa shape index (κ2) is 5.71. The number of benzene rings is 1. The fourth-order valence-corrected chi connectivity index (χ4v) is 3.22. The lowest BCUT2D eigenvalue weighted by atomic mass is 10.0. The second-order valence-electron chi connectivity index (χ2n) is 4.18. The van der Waals surface area contributed by atoms with E-state index in [0.29, 0.717) is 6.04 Å². The number of rotatable bonds is 4. The van der Waals surface area contributed by atoms with Crippen LogP contribution in [0.3, 0.4) is 0 Å². The molecule has 0 aliphatic carbocycles. The van der Waals surface area contributed by atoms with E-state index in [1.165, 1.54) is 10.5 Å². The summed E-state index contributed by atoms with van der Waals surface area (Å²) in [4.78, 5) is 1.39. The summed E-state index contributed by atoms with van der Waals surface area (Å²) in [6.45, 7) is 2.33. The Balaban J connectivity index is 2.12. The van der Waals surface area contributed by atoms with Gasteiger partial charge in [-0.2, -0.15) is 0 Å². The van der Waals surface area contributed by atoms with Crippen molar-refractivity contribution in [2.24, 2.45) is 0 Å². The maximum Gasteiger partial charge on any atom is 0.0584 e. The van der Waals surface area contributed by atoms with Gasteiger partial charge in [-0.1, -0.05) is 25.1 Å². The zero-order valence-electron chi connectivity index (χ0n) is 9.65. The van der Waals surface area contributed by atoms with Crippen molar-refractivity contribution in [3.63, 3.8) is 0 Å². The molecule has 3 heteroatoms. The molecule has 1 aromatic carbocycles. The summed E-state index contributed by atoms with van der Waals surface area (Å²) in [7, 11) is 0. The molecule has 0 aromatic heterocycles. The molecule has 1 aromatic rings. The second-order valence-corrected chi connectivity index (χ2v) is 5.32. The van der Waals surface area contributed by atoms with Crippen LogP contribution >= 0.6 is 11.8 Å². The minimum absolute atomic E-state index is 0.223. The van der Waals surface area contributed by atoms with Gasteiger partial charge in [-0.3, -0.25) is 0 Å². The predicted octanol–water partition coefficient (Wildman–Crippen LogP) is 2.58. The van der Waals surface area contributed by atoms with Gasteiger partial charge in [-0.05, 0) is 30.2 Å². The molecule has 88 valence electrons. The third-order valence-electron chi connectivity index (χ3n) is 3.11. The van der Waals surface area contributed by atoms with Gasteiger partial charge in [0.25, 0.3) is 0 Å². The summed E-state index contributed by atoms with van der Waals surface area (Å²) in [5, 5.41) is 12.8. The molecule has 0 spiro atoms. The fraction of sp³-hybridized carbons (Fsp3) is 0.538. The molecule has 2 N–H and O–H groups in total. The van der Waals surface area contributed by atoms with Crippen LogP contribution in [0.15, 0.2) is 29.2 Å². The minimum atomic E-state index is 0.223. The van der Waals surface area contributed by atoms with Crippen LogP contribution in [-0.4, -0.2) is 23.5 Å². The molecular weight excluding hydrogens is 218 g/mol. The van der Waals surface area contributed by atoms with Crippen LogP contribution in [0.25, 0.3) is 0 Å². The molecule has 0 amide bonds. The van der Waals surface area contributed by atoms with Gasteiger partial charge < -0.3 is 10.4 Å². The van der Waals surface area contributed by atoms with E-state index in [2.05, 4.69) is 36.5 Å². The number of hydrogen-bond donors (Lipinski definition) is 2. The molecule has 16 heavy (non-hydrogen) atoms. The summed E-state index contributed by atoms with van der Waals surface area (Å²) in [5.74, 6) is 1.16. The maximum atomic E-state index is 9.24.